The number of phenolic OH excluding ortho intramolecular Hbond substituents is 2. The molecule has 7 heteroatoms. The minimum absolute atomic E-state index is 0.0534. The van der Waals surface area contributed by atoms with Crippen molar-refractivity contribution in [2.75, 3.05) is 0 Å². The second kappa shape index (κ2) is 9.25. The third-order valence-electron chi connectivity index (χ3n) is 4.04. The Morgan fingerprint density at radius 3 is 1.93 bits per heavy atom. The average molecular weight is 457 g/mol. The molecule has 3 aromatic carbocycles. The van der Waals surface area contributed by atoms with Crippen LogP contribution in [0.15, 0.2) is 71.2 Å². The summed E-state index contributed by atoms with van der Waals surface area (Å²) in [6.07, 6.45) is 0. The molecule has 0 fully saturated rings. The summed E-state index contributed by atoms with van der Waals surface area (Å²) >= 11 is 3.35. The van der Waals surface area contributed by atoms with Crippen LogP contribution in [0.4, 0.5) is 0 Å². The summed E-state index contributed by atoms with van der Waals surface area (Å²) in [5, 5.41) is 19.1. The van der Waals surface area contributed by atoms with Gasteiger partial charge < -0.3 is 19.7 Å². The predicted molar refractivity (Wildman–Crippen MR) is 109 cm³/mol. The molecular formula is C22H17BrO6. The molecule has 6 nitrogen and oxygen atoms in total. The summed E-state index contributed by atoms with van der Waals surface area (Å²) in [5.41, 5.74) is 1.78. The molecule has 0 unspecified atom stereocenters. The van der Waals surface area contributed by atoms with Crippen molar-refractivity contribution in [1.82, 2.24) is 0 Å². The summed E-state index contributed by atoms with van der Waals surface area (Å²) in [6.45, 7) is 0.112. The number of ether oxygens (including phenoxy) is 2. The van der Waals surface area contributed by atoms with Crippen LogP contribution in [0.2, 0.25) is 0 Å². The third kappa shape index (κ3) is 5.58. The van der Waals surface area contributed by atoms with Gasteiger partial charge >= 0.3 is 11.9 Å². The highest BCUT2D eigenvalue weighted by Crippen LogP contribution is 2.23. The molecule has 0 amide bonds. The minimum Gasteiger partial charge on any atom is -0.508 e. The summed E-state index contributed by atoms with van der Waals surface area (Å²) in [5.74, 6) is -1.66. The maximum atomic E-state index is 12.1. The van der Waals surface area contributed by atoms with Crippen LogP contribution in [-0.4, -0.2) is 22.2 Å². The van der Waals surface area contributed by atoms with Gasteiger partial charge in [-0.3, -0.25) is 0 Å². The Labute approximate surface area is 175 Å². The van der Waals surface area contributed by atoms with Gasteiger partial charge in [-0.2, -0.15) is 0 Å². The van der Waals surface area contributed by atoms with Crippen molar-refractivity contribution in [3.63, 3.8) is 0 Å². The Morgan fingerprint density at radius 2 is 1.31 bits per heavy atom. The van der Waals surface area contributed by atoms with Crippen molar-refractivity contribution in [3.8, 4) is 11.5 Å². The number of rotatable bonds is 6. The second-order valence-corrected chi connectivity index (χ2v) is 7.09. The molecule has 3 aromatic rings. The Kier molecular flexibility index (Phi) is 6.51. The van der Waals surface area contributed by atoms with Crippen molar-refractivity contribution in [3.05, 3.63) is 93.5 Å². The van der Waals surface area contributed by atoms with Crippen LogP contribution >= 0.6 is 15.9 Å². The van der Waals surface area contributed by atoms with Crippen LogP contribution in [-0.2, 0) is 22.7 Å². The number of hydrogen-bond acceptors (Lipinski definition) is 6. The lowest BCUT2D eigenvalue weighted by atomic mass is 10.1. The monoisotopic (exact) mass is 456 g/mol. The van der Waals surface area contributed by atoms with E-state index in [1.54, 1.807) is 24.3 Å². The first kappa shape index (κ1) is 20.4. The average Bonchev–Trinajstić information content (AvgIpc) is 2.73. The van der Waals surface area contributed by atoms with E-state index < -0.39 is 11.9 Å². The van der Waals surface area contributed by atoms with Crippen LogP contribution in [0.1, 0.15) is 31.8 Å². The first-order valence-corrected chi connectivity index (χ1v) is 9.41. The number of hydrogen-bond donors (Lipinski definition) is 2. The first-order chi connectivity index (χ1) is 13.9. The van der Waals surface area contributed by atoms with E-state index in [2.05, 4.69) is 15.9 Å². The summed E-state index contributed by atoms with van der Waals surface area (Å²) in [7, 11) is 0. The molecule has 0 radical (unpaired) electrons. The van der Waals surface area contributed by atoms with Crippen LogP contribution in [0.3, 0.4) is 0 Å². The van der Waals surface area contributed by atoms with Gasteiger partial charge in [0.2, 0.25) is 0 Å². The number of halogens is 1. The maximum Gasteiger partial charge on any atom is 0.342 e. The van der Waals surface area contributed by atoms with Gasteiger partial charge in [0.05, 0.1) is 5.56 Å². The highest BCUT2D eigenvalue weighted by molar-refractivity contribution is 9.10. The fourth-order valence-electron chi connectivity index (χ4n) is 2.46. The van der Waals surface area contributed by atoms with E-state index >= 15 is 0 Å². The van der Waals surface area contributed by atoms with Crippen LogP contribution < -0.4 is 0 Å². The topological polar surface area (TPSA) is 93.1 Å². The number of esters is 2. The Morgan fingerprint density at radius 1 is 0.759 bits per heavy atom. The molecule has 148 valence electrons. The standard InChI is InChI=1S/C22H17BrO6/c23-17-7-3-15(4-8-17)12-28-21(26)16-5-1-14(2-6-16)13-29-22(27)19-11-18(24)9-10-20(19)25/h1-11,24-25H,12-13H2. The molecule has 3 rings (SSSR count). The van der Waals surface area contributed by atoms with Crippen molar-refractivity contribution >= 4 is 27.9 Å². The number of aromatic hydroxyl groups is 2. The van der Waals surface area contributed by atoms with Gasteiger partial charge in [-0.15, -0.1) is 0 Å². The molecule has 0 bridgehead atoms. The minimum atomic E-state index is -0.767. The second-order valence-electron chi connectivity index (χ2n) is 6.18. The zero-order valence-corrected chi connectivity index (χ0v) is 16.8. The fourth-order valence-corrected chi connectivity index (χ4v) is 2.73. The van der Waals surface area contributed by atoms with Crippen LogP contribution in [0.25, 0.3) is 0 Å². The molecule has 0 aromatic heterocycles. The number of carbonyl (C=O) groups excluding carboxylic acids is 2. The maximum absolute atomic E-state index is 12.1. The Balaban J connectivity index is 1.54. The van der Waals surface area contributed by atoms with Gasteiger partial charge in [-0.25, -0.2) is 9.59 Å². The van der Waals surface area contributed by atoms with Gasteiger partial charge in [0.15, 0.2) is 0 Å². The molecule has 0 aliphatic rings. The van der Waals surface area contributed by atoms with Gasteiger partial charge in [0.25, 0.3) is 0 Å². The molecule has 0 aliphatic carbocycles. The molecule has 0 heterocycles. The van der Waals surface area contributed by atoms with E-state index in [0.717, 1.165) is 16.1 Å². The van der Waals surface area contributed by atoms with E-state index in [-0.39, 0.29) is 30.3 Å². The fraction of sp³-hybridized carbons (Fsp3) is 0.0909. The smallest absolute Gasteiger partial charge is 0.342 e. The predicted octanol–water partition coefficient (Wildman–Crippen LogP) is 4.57. The molecule has 29 heavy (non-hydrogen) atoms. The van der Waals surface area contributed by atoms with Crippen molar-refractivity contribution in [1.29, 1.82) is 0 Å². The molecule has 2 N–H and O–H groups in total. The van der Waals surface area contributed by atoms with Gasteiger partial charge in [-0.05, 0) is 53.6 Å². The highest BCUT2D eigenvalue weighted by Gasteiger charge is 2.14. The normalized spacial score (nSPS) is 10.4. The number of benzene rings is 3. The largest absolute Gasteiger partial charge is 0.508 e. The lowest BCUT2D eigenvalue weighted by Gasteiger charge is -2.08. The quantitative estimate of drug-likeness (QED) is 0.416. The molecule has 0 saturated heterocycles. The number of carbonyl (C=O) groups is 2. The van der Waals surface area contributed by atoms with E-state index in [9.17, 15) is 19.8 Å². The third-order valence-corrected chi connectivity index (χ3v) is 4.57. The van der Waals surface area contributed by atoms with E-state index in [4.69, 9.17) is 9.47 Å². The molecule has 0 aliphatic heterocycles. The van der Waals surface area contributed by atoms with Crippen LogP contribution in [0, 0.1) is 0 Å². The Hall–Kier alpha value is -3.32. The summed E-state index contributed by atoms with van der Waals surface area (Å²) in [6, 6.07) is 17.5. The molecule has 0 saturated carbocycles. The lowest BCUT2D eigenvalue weighted by molar-refractivity contribution is 0.0457. The zero-order chi connectivity index (χ0) is 20.8. The van der Waals surface area contributed by atoms with E-state index in [1.165, 1.54) is 12.1 Å². The van der Waals surface area contributed by atoms with Crippen molar-refractivity contribution in [2.24, 2.45) is 0 Å². The lowest BCUT2D eigenvalue weighted by Crippen LogP contribution is -2.07. The molecule has 0 spiro atoms. The zero-order valence-electron chi connectivity index (χ0n) is 15.2. The SMILES string of the molecule is O=C(OCc1ccc(Br)cc1)c1ccc(COC(=O)c2cc(O)ccc2O)cc1. The summed E-state index contributed by atoms with van der Waals surface area (Å²) < 4.78 is 11.4. The van der Waals surface area contributed by atoms with Gasteiger partial charge in [0.1, 0.15) is 30.3 Å². The van der Waals surface area contributed by atoms with Gasteiger partial charge in [-0.1, -0.05) is 40.2 Å². The van der Waals surface area contributed by atoms with Crippen molar-refractivity contribution < 1.29 is 29.3 Å². The van der Waals surface area contributed by atoms with Gasteiger partial charge in [0, 0.05) is 4.47 Å². The molecular weight excluding hydrogens is 440 g/mol. The first-order valence-electron chi connectivity index (χ1n) is 8.62. The van der Waals surface area contributed by atoms with E-state index in [1.807, 2.05) is 24.3 Å². The van der Waals surface area contributed by atoms with Crippen molar-refractivity contribution in [2.45, 2.75) is 13.2 Å². The van der Waals surface area contributed by atoms with E-state index in [0.29, 0.717) is 11.1 Å². The summed E-state index contributed by atoms with van der Waals surface area (Å²) in [4.78, 5) is 24.2. The number of phenols is 2. The van der Waals surface area contributed by atoms with Crippen LogP contribution in [0.5, 0.6) is 11.5 Å². The highest BCUT2D eigenvalue weighted by atomic mass is 79.9. The Bertz CT molecular complexity index is 1010. The molecule has 0 atom stereocenters.